The average molecular weight is 1360 g/mol. The minimum Gasteiger partial charge on any atom is -0.394 e. The molecule has 0 aromatic rings. The molecule has 0 radical (unpaired) electrons. The van der Waals surface area contributed by atoms with Crippen LogP contribution in [0.15, 0.2) is 0 Å². The van der Waals surface area contributed by atoms with Gasteiger partial charge in [-0.05, 0) is 25.7 Å². The van der Waals surface area contributed by atoms with Gasteiger partial charge in [-0.2, -0.15) is 0 Å². The summed E-state index contributed by atoms with van der Waals surface area (Å²) in [6.07, 6.45) is -3.10. The van der Waals surface area contributed by atoms with Crippen LogP contribution in [0.1, 0.15) is 240 Å². The van der Waals surface area contributed by atoms with Crippen molar-refractivity contribution in [1.82, 2.24) is 10.6 Å². The number of hydrogen-bond acceptors (Lipinski definition) is 24. The van der Waals surface area contributed by atoms with Crippen LogP contribution in [0.5, 0.6) is 0 Å². The van der Waals surface area contributed by atoms with Crippen molar-refractivity contribution in [2.24, 2.45) is 5.92 Å². The highest BCUT2D eigenvalue weighted by Gasteiger charge is 2.54. The number of aliphatic hydroxyl groups excluding tert-OH is 14. The number of carbonyl (C=O) groups excluding carboxylic acids is 2. The molecule has 4 rings (SSSR count). The van der Waals surface area contributed by atoms with Crippen LogP contribution in [0.2, 0.25) is 0 Å². The first kappa shape index (κ1) is 84.5. The van der Waals surface area contributed by atoms with E-state index < -0.39 is 185 Å². The van der Waals surface area contributed by atoms with Gasteiger partial charge < -0.3 is 120 Å². The van der Waals surface area contributed by atoms with E-state index in [4.69, 9.17) is 37.9 Å². The predicted octanol–water partition coefficient (Wildman–Crippen LogP) is 3.17. The zero-order chi connectivity index (χ0) is 69.1. The number of hydrogen-bond donors (Lipinski definition) is 16. The lowest BCUT2D eigenvalue weighted by Crippen LogP contribution is -2.68. The summed E-state index contributed by atoms with van der Waals surface area (Å²) in [5.41, 5.74) is 0. The summed E-state index contributed by atoms with van der Waals surface area (Å²) in [6.45, 7) is 6.04. The van der Waals surface area contributed by atoms with E-state index in [1.807, 2.05) is 0 Å². The average Bonchev–Trinajstić information content (AvgIpc) is 0.793. The maximum atomic E-state index is 13.7. The third-order valence-corrected chi connectivity index (χ3v) is 19.0. The lowest BCUT2D eigenvalue weighted by Gasteiger charge is -2.48. The number of aliphatic hydroxyl groups is 14. The zero-order valence-corrected chi connectivity index (χ0v) is 57.2. The predicted molar refractivity (Wildman–Crippen MR) is 346 cm³/mol. The van der Waals surface area contributed by atoms with Gasteiger partial charge in [-0.3, -0.25) is 9.59 Å². The molecule has 0 aromatic heterocycles. The molecule has 94 heavy (non-hydrogen) atoms. The van der Waals surface area contributed by atoms with Gasteiger partial charge in [0.05, 0.1) is 44.7 Å². The van der Waals surface area contributed by atoms with Gasteiger partial charge in [-0.1, -0.05) is 213 Å². The Morgan fingerprint density at radius 2 is 0.862 bits per heavy atom. The molecule has 16 N–H and O–H groups in total. The molecule has 0 aliphatic carbocycles. The second-order valence-electron chi connectivity index (χ2n) is 27.6. The van der Waals surface area contributed by atoms with E-state index in [9.17, 15) is 81.1 Å². The van der Waals surface area contributed by atoms with Crippen molar-refractivity contribution >= 4 is 11.8 Å². The van der Waals surface area contributed by atoms with Crippen molar-refractivity contribution < 1.29 is 119 Å². The van der Waals surface area contributed by atoms with Crippen LogP contribution in [0.4, 0.5) is 0 Å². The maximum absolute atomic E-state index is 13.7. The molecule has 4 heterocycles. The first-order chi connectivity index (χ1) is 45.1. The van der Waals surface area contributed by atoms with E-state index in [0.717, 1.165) is 64.7 Å². The fourth-order valence-electron chi connectivity index (χ4n) is 12.9. The molecule has 2 amide bonds. The Hall–Kier alpha value is -1.94. The third kappa shape index (κ3) is 29.3. The van der Waals surface area contributed by atoms with Gasteiger partial charge in [-0.25, -0.2) is 0 Å². The topological polar surface area (TPSA) is 415 Å². The molecule has 24 atom stereocenters. The van der Waals surface area contributed by atoms with Crippen LogP contribution in [0, 0.1) is 5.92 Å². The molecule has 4 saturated heterocycles. The minimum atomic E-state index is -2.10. The standard InChI is InChI=1S/C68H128N2O24/c1-6-7-8-9-10-11-12-13-14-15-16-17-18-19-20-21-24-28-31-34-37-47(75)64(86)70-45(53(77)46(74)36-33-30-27-25-22-23-26-29-32-35-42(2)3)40-87-68-63(59(83)54(78)48(38-71)91-68)94-67-61(85)58(82)55(79)50(92-67)41-88-65-51(69-44(5)73)62(56(80)49(39-72)90-65)93-66-60(84)57(81)52(76)43(4)89-66/h42-43,45-63,65-68,71-72,74-85H,6-41H2,1-5H3,(H,69,73)(H,70,86)/t43-,45-,46+,47+,48+,49+,50+,51+,52-,53-,54-,55-,56-,57+,58-,59-,60+,61+,62+,63+,65+,66-,67+,68-/m0/s1. The Bertz CT molecular complexity index is 1960. The van der Waals surface area contributed by atoms with Crippen LogP contribution < -0.4 is 10.6 Å². The zero-order valence-electron chi connectivity index (χ0n) is 57.2. The molecule has 0 aromatic carbocycles. The van der Waals surface area contributed by atoms with Gasteiger partial charge >= 0.3 is 0 Å². The Morgan fingerprint density at radius 1 is 0.447 bits per heavy atom. The first-order valence-corrected chi connectivity index (χ1v) is 36.2. The van der Waals surface area contributed by atoms with Crippen LogP contribution in [-0.2, 0) is 47.5 Å². The van der Waals surface area contributed by atoms with Crippen molar-refractivity contribution in [3.63, 3.8) is 0 Å². The monoisotopic (exact) mass is 1360 g/mol. The van der Waals surface area contributed by atoms with Gasteiger partial charge in [0, 0.05) is 6.92 Å². The fourth-order valence-corrected chi connectivity index (χ4v) is 12.9. The number of ether oxygens (including phenoxy) is 8. The van der Waals surface area contributed by atoms with Crippen molar-refractivity contribution in [2.45, 2.75) is 387 Å². The molecule has 0 bridgehead atoms. The van der Waals surface area contributed by atoms with Gasteiger partial charge in [0.1, 0.15) is 104 Å². The van der Waals surface area contributed by atoms with Gasteiger partial charge in [0.25, 0.3) is 0 Å². The van der Waals surface area contributed by atoms with E-state index in [1.165, 1.54) is 129 Å². The minimum absolute atomic E-state index is 0.123. The molecule has 26 nitrogen and oxygen atoms in total. The molecule has 554 valence electrons. The lowest BCUT2D eigenvalue weighted by molar-refractivity contribution is -0.373. The van der Waals surface area contributed by atoms with Gasteiger partial charge in [0.2, 0.25) is 11.8 Å². The van der Waals surface area contributed by atoms with Crippen molar-refractivity contribution in [2.75, 3.05) is 26.4 Å². The second kappa shape index (κ2) is 47.2. The smallest absolute Gasteiger partial charge is 0.249 e. The lowest BCUT2D eigenvalue weighted by atomic mass is 9.95. The van der Waals surface area contributed by atoms with Gasteiger partial charge in [0.15, 0.2) is 25.2 Å². The Balaban J connectivity index is 1.39. The highest BCUT2D eigenvalue weighted by molar-refractivity contribution is 5.80. The van der Waals surface area contributed by atoms with Crippen LogP contribution in [-0.4, -0.2) is 257 Å². The summed E-state index contributed by atoms with van der Waals surface area (Å²) in [7, 11) is 0. The molecule has 0 spiro atoms. The summed E-state index contributed by atoms with van der Waals surface area (Å²) >= 11 is 0. The Kier molecular flexibility index (Phi) is 42.4. The van der Waals surface area contributed by atoms with Crippen molar-refractivity contribution in [3.8, 4) is 0 Å². The first-order valence-electron chi connectivity index (χ1n) is 36.2. The number of nitrogens with one attached hydrogen (secondary N) is 2. The van der Waals surface area contributed by atoms with E-state index in [-0.39, 0.29) is 12.8 Å². The van der Waals surface area contributed by atoms with Crippen LogP contribution >= 0.6 is 0 Å². The molecule has 4 fully saturated rings. The van der Waals surface area contributed by atoms with Crippen LogP contribution in [0.3, 0.4) is 0 Å². The molecule has 4 aliphatic rings. The second-order valence-corrected chi connectivity index (χ2v) is 27.6. The van der Waals surface area contributed by atoms with Crippen LogP contribution in [0.25, 0.3) is 0 Å². The molecular weight excluding hydrogens is 1230 g/mol. The highest BCUT2D eigenvalue weighted by Crippen LogP contribution is 2.34. The normalized spacial score (nSPS) is 32.9. The van der Waals surface area contributed by atoms with E-state index in [2.05, 4.69) is 31.4 Å². The Morgan fingerprint density at radius 3 is 1.35 bits per heavy atom. The number of amides is 2. The maximum Gasteiger partial charge on any atom is 0.249 e. The highest BCUT2D eigenvalue weighted by atomic mass is 16.8. The van der Waals surface area contributed by atoms with E-state index in [0.29, 0.717) is 18.8 Å². The van der Waals surface area contributed by atoms with Crippen molar-refractivity contribution in [1.29, 1.82) is 0 Å². The van der Waals surface area contributed by atoms with E-state index >= 15 is 0 Å². The summed E-state index contributed by atoms with van der Waals surface area (Å²) in [5, 5.41) is 159. The van der Waals surface area contributed by atoms with Crippen molar-refractivity contribution in [3.05, 3.63) is 0 Å². The third-order valence-electron chi connectivity index (χ3n) is 19.0. The summed E-state index contributed by atoms with van der Waals surface area (Å²) in [6, 6.07) is -2.93. The summed E-state index contributed by atoms with van der Waals surface area (Å²) in [4.78, 5) is 26.3. The number of unbranched alkanes of at least 4 members (excludes halogenated alkanes) is 27. The molecule has 4 aliphatic heterocycles. The fraction of sp³-hybridized carbons (Fsp3) is 0.971. The summed E-state index contributed by atoms with van der Waals surface area (Å²) in [5.74, 6) is -0.857. The SMILES string of the molecule is CCCCCCCCCCCCCCCCCCCCCC[C@@H](O)C(=O)N[C@@H](CO[C@H]1O[C@H](CO)[C@H](O)[C@H](O)[C@H]1O[C@H]1O[C@H](CO[C@@H]2O[C@H](CO)[C@H](O)[C@H](O[C@@H]3O[C@@H](C)[C@H](O)[C@@H](O)[C@H]3O)[C@H]2NC(C)=O)[C@H](O)[C@H](O)[C@H]1O)[C@H](O)[C@H](O)CCCCCCCCCCCC(C)C. The van der Waals surface area contributed by atoms with E-state index in [1.54, 1.807) is 0 Å². The molecule has 0 saturated carbocycles. The molecular formula is C68H128N2O24. The number of carbonyl (C=O) groups is 2. The van der Waals surface area contributed by atoms with Gasteiger partial charge in [-0.15, -0.1) is 0 Å². The molecule has 0 unspecified atom stereocenters. The summed E-state index contributed by atoms with van der Waals surface area (Å²) < 4.78 is 47.2. The largest absolute Gasteiger partial charge is 0.394 e. The Labute approximate surface area is 559 Å². The number of rotatable bonds is 50. The quantitative estimate of drug-likeness (QED) is 0.0389. The molecule has 26 heteroatoms.